The molecule has 166 valence electrons. The molecule has 1 amide bonds. The van der Waals surface area contributed by atoms with Gasteiger partial charge in [0.05, 0.1) is 11.4 Å². The lowest BCUT2D eigenvalue weighted by molar-refractivity contribution is 0.102. The SMILES string of the molecule is O=C(Nc1cccc(-c2ccc(N3CCCCCC3)nn2)c1)c1cccc(-n2cnnn2)c1. The van der Waals surface area contributed by atoms with Crippen LogP contribution in [0.3, 0.4) is 0 Å². The second-order valence-corrected chi connectivity index (χ2v) is 8.02. The fourth-order valence-electron chi connectivity index (χ4n) is 3.98. The van der Waals surface area contributed by atoms with E-state index >= 15 is 0 Å². The third kappa shape index (κ3) is 4.87. The largest absolute Gasteiger partial charge is 0.355 e. The zero-order valence-corrected chi connectivity index (χ0v) is 18.1. The second kappa shape index (κ2) is 9.56. The summed E-state index contributed by atoms with van der Waals surface area (Å²) in [6.45, 7) is 2.06. The van der Waals surface area contributed by atoms with Crippen LogP contribution in [0.15, 0.2) is 67.0 Å². The van der Waals surface area contributed by atoms with E-state index in [1.807, 2.05) is 42.5 Å². The summed E-state index contributed by atoms with van der Waals surface area (Å²) in [4.78, 5) is 15.1. The number of carbonyl (C=O) groups excluding carboxylic acids is 1. The van der Waals surface area contributed by atoms with Crippen LogP contribution in [0.1, 0.15) is 36.0 Å². The molecule has 3 heterocycles. The quantitative estimate of drug-likeness (QED) is 0.504. The van der Waals surface area contributed by atoms with Crippen molar-refractivity contribution in [2.75, 3.05) is 23.3 Å². The average molecular weight is 441 g/mol. The fraction of sp³-hybridized carbons (Fsp3) is 0.250. The van der Waals surface area contributed by atoms with Crippen molar-refractivity contribution in [2.45, 2.75) is 25.7 Å². The van der Waals surface area contributed by atoms with E-state index in [4.69, 9.17) is 0 Å². The van der Waals surface area contributed by atoms with Crippen LogP contribution in [0.5, 0.6) is 0 Å². The highest BCUT2D eigenvalue weighted by Crippen LogP contribution is 2.23. The molecule has 1 aliphatic heterocycles. The molecule has 0 saturated carbocycles. The van der Waals surface area contributed by atoms with Crippen molar-refractivity contribution in [1.82, 2.24) is 30.4 Å². The summed E-state index contributed by atoms with van der Waals surface area (Å²) in [7, 11) is 0. The Labute approximate surface area is 191 Å². The van der Waals surface area contributed by atoms with Crippen LogP contribution in [-0.2, 0) is 0 Å². The van der Waals surface area contributed by atoms with Crippen LogP contribution in [0.4, 0.5) is 11.5 Å². The Morgan fingerprint density at radius 2 is 1.73 bits per heavy atom. The van der Waals surface area contributed by atoms with Crippen molar-refractivity contribution in [3.05, 3.63) is 72.6 Å². The molecule has 5 rings (SSSR count). The van der Waals surface area contributed by atoms with E-state index < -0.39 is 0 Å². The van der Waals surface area contributed by atoms with Gasteiger partial charge < -0.3 is 10.2 Å². The Morgan fingerprint density at radius 3 is 2.48 bits per heavy atom. The van der Waals surface area contributed by atoms with Gasteiger partial charge in [0.2, 0.25) is 0 Å². The molecule has 0 aliphatic carbocycles. The van der Waals surface area contributed by atoms with Gasteiger partial charge in [0.15, 0.2) is 5.82 Å². The fourth-order valence-corrected chi connectivity index (χ4v) is 3.98. The summed E-state index contributed by atoms with van der Waals surface area (Å²) in [6.07, 6.45) is 6.44. The monoisotopic (exact) mass is 440 g/mol. The van der Waals surface area contributed by atoms with Gasteiger partial charge in [-0.3, -0.25) is 4.79 Å². The molecule has 0 radical (unpaired) electrons. The molecule has 0 atom stereocenters. The number of carbonyl (C=O) groups is 1. The smallest absolute Gasteiger partial charge is 0.255 e. The van der Waals surface area contributed by atoms with E-state index in [-0.39, 0.29) is 5.91 Å². The summed E-state index contributed by atoms with van der Waals surface area (Å²) in [5.74, 6) is 0.706. The van der Waals surface area contributed by atoms with Gasteiger partial charge in [0, 0.05) is 29.9 Å². The molecule has 1 N–H and O–H groups in total. The van der Waals surface area contributed by atoms with Crippen molar-refractivity contribution >= 4 is 17.4 Å². The van der Waals surface area contributed by atoms with E-state index in [0.29, 0.717) is 16.9 Å². The lowest BCUT2D eigenvalue weighted by atomic mass is 10.1. The maximum absolute atomic E-state index is 12.8. The predicted molar refractivity (Wildman–Crippen MR) is 125 cm³/mol. The molecule has 0 spiro atoms. The van der Waals surface area contributed by atoms with Gasteiger partial charge in [-0.1, -0.05) is 31.0 Å². The number of aromatic nitrogens is 6. The van der Waals surface area contributed by atoms with E-state index in [0.717, 1.165) is 30.2 Å². The molecule has 1 aliphatic rings. The molecule has 0 bridgehead atoms. The predicted octanol–water partition coefficient (Wildman–Crippen LogP) is 3.75. The first-order valence-electron chi connectivity index (χ1n) is 11.1. The molecule has 33 heavy (non-hydrogen) atoms. The van der Waals surface area contributed by atoms with E-state index in [1.54, 1.807) is 18.2 Å². The summed E-state index contributed by atoms with van der Waals surface area (Å²) in [5, 5.41) is 23.0. The van der Waals surface area contributed by atoms with Crippen molar-refractivity contribution in [2.24, 2.45) is 0 Å². The second-order valence-electron chi connectivity index (χ2n) is 8.02. The number of anilines is 2. The number of tetrazole rings is 1. The standard InChI is InChI=1S/C24H24N8O/c33-24(19-8-6-10-21(16-19)32-17-25-29-30-32)26-20-9-5-7-18(15-20)22-11-12-23(28-27-22)31-13-3-1-2-4-14-31/h5-12,15-17H,1-4,13-14H2,(H,26,33). The van der Waals surface area contributed by atoms with Crippen LogP contribution in [0, 0.1) is 0 Å². The molecular weight excluding hydrogens is 416 g/mol. The number of rotatable bonds is 5. The zero-order valence-electron chi connectivity index (χ0n) is 18.1. The van der Waals surface area contributed by atoms with E-state index in [2.05, 4.69) is 35.9 Å². The molecule has 2 aromatic carbocycles. The van der Waals surface area contributed by atoms with Gasteiger partial charge in [-0.25, -0.2) is 4.68 Å². The van der Waals surface area contributed by atoms with Crippen molar-refractivity contribution < 1.29 is 4.79 Å². The first kappa shape index (κ1) is 20.7. The normalized spacial score (nSPS) is 14.0. The van der Waals surface area contributed by atoms with Gasteiger partial charge in [-0.05, 0) is 65.7 Å². The first-order valence-corrected chi connectivity index (χ1v) is 11.1. The maximum atomic E-state index is 12.8. The first-order chi connectivity index (χ1) is 16.3. The number of benzene rings is 2. The van der Waals surface area contributed by atoms with Crippen LogP contribution in [0.2, 0.25) is 0 Å². The molecule has 0 unspecified atom stereocenters. The number of hydrogen-bond acceptors (Lipinski definition) is 7. The third-order valence-corrected chi connectivity index (χ3v) is 5.72. The molecule has 9 heteroatoms. The molecule has 1 fully saturated rings. The molecule has 1 saturated heterocycles. The highest BCUT2D eigenvalue weighted by molar-refractivity contribution is 6.04. The Bertz CT molecular complexity index is 1220. The van der Waals surface area contributed by atoms with Gasteiger partial charge in [0.1, 0.15) is 6.33 Å². The average Bonchev–Trinajstić information content (AvgIpc) is 3.27. The lowest BCUT2D eigenvalue weighted by Gasteiger charge is -2.20. The van der Waals surface area contributed by atoms with Crippen LogP contribution < -0.4 is 10.2 Å². The van der Waals surface area contributed by atoms with Gasteiger partial charge >= 0.3 is 0 Å². The Balaban J connectivity index is 1.30. The van der Waals surface area contributed by atoms with Gasteiger partial charge in [0.25, 0.3) is 5.91 Å². The zero-order chi connectivity index (χ0) is 22.5. The lowest BCUT2D eigenvalue weighted by Crippen LogP contribution is -2.25. The minimum absolute atomic E-state index is 0.218. The minimum atomic E-state index is -0.218. The summed E-state index contributed by atoms with van der Waals surface area (Å²) < 4.78 is 1.51. The number of nitrogens with one attached hydrogen (secondary N) is 1. The number of amides is 1. The highest BCUT2D eigenvalue weighted by atomic mass is 16.1. The minimum Gasteiger partial charge on any atom is -0.355 e. The topological polar surface area (TPSA) is 102 Å². The van der Waals surface area contributed by atoms with Crippen LogP contribution >= 0.6 is 0 Å². The summed E-state index contributed by atoms with van der Waals surface area (Å²) in [5.41, 5.74) is 3.57. The Hall–Kier alpha value is -4.14. The molecular formula is C24H24N8O. The van der Waals surface area contributed by atoms with Crippen molar-refractivity contribution in [3.63, 3.8) is 0 Å². The van der Waals surface area contributed by atoms with Crippen LogP contribution in [0.25, 0.3) is 16.9 Å². The number of hydrogen-bond donors (Lipinski definition) is 1. The van der Waals surface area contributed by atoms with Gasteiger partial charge in [-0.15, -0.1) is 15.3 Å². The van der Waals surface area contributed by atoms with E-state index in [9.17, 15) is 4.79 Å². The molecule has 2 aromatic heterocycles. The highest BCUT2D eigenvalue weighted by Gasteiger charge is 2.13. The summed E-state index contributed by atoms with van der Waals surface area (Å²) in [6, 6.07) is 18.8. The van der Waals surface area contributed by atoms with Crippen LogP contribution in [-0.4, -0.2) is 49.4 Å². The Kier molecular flexibility index (Phi) is 6.01. The third-order valence-electron chi connectivity index (χ3n) is 5.72. The Morgan fingerprint density at radius 1 is 0.879 bits per heavy atom. The molecule has 4 aromatic rings. The van der Waals surface area contributed by atoms with Gasteiger partial charge in [-0.2, -0.15) is 0 Å². The van der Waals surface area contributed by atoms with E-state index in [1.165, 1.54) is 36.7 Å². The number of nitrogens with zero attached hydrogens (tertiary/aromatic N) is 7. The van der Waals surface area contributed by atoms with Crippen molar-refractivity contribution in [1.29, 1.82) is 0 Å². The van der Waals surface area contributed by atoms with Crippen molar-refractivity contribution in [3.8, 4) is 16.9 Å². The summed E-state index contributed by atoms with van der Waals surface area (Å²) >= 11 is 0. The molecule has 9 nitrogen and oxygen atoms in total. The maximum Gasteiger partial charge on any atom is 0.255 e.